The molecule has 0 unspecified atom stereocenters. The predicted octanol–water partition coefficient (Wildman–Crippen LogP) is 3.81. The minimum atomic E-state index is -4.03. The third kappa shape index (κ3) is 4.54. The van der Waals surface area contributed by atoms with Crippen LogP contribution in [0.25, 0.3) is 11.6 Å². The predicted molar refractivity (Wildman–Crippen MR) is 117 cm³/mol. The molecule has 0 saturated carbocycles. The number of rotatable bonds is 7. The molecular weight excluding hydrogens is 436 g/mol. The summed E-state index contributed by atoms with van der Waals surface area (Å²) in [6, 6.07) is 18.7. The average molecular weight is 455 g/mol. The summed E-state index contributed by atoms with van der Waals surface area (Å²) in [6.07, 6.45) is 1.42. The Kier molecular flexibility index (Phi) is 5.92. The van der Waals surface area contributed by atoms with E-state index in [2.05, 4.69) is 15.5 Å². The van der Waals surface area contributed by atoms with Crippen molar-refractivity contribution in [1.29, 1.82) is 0 Å². The lowest BCUT2D eigenvalue weighted by Gasteiger charge is -2.11. The maximum atomic E-state index is 13.4. The van der Waals surface area contributed by atoms with E-state index in [0.717, 1.165) is 21.3 Å². The van der Waals surface area contributed by atoms with Crippen LogP contribution < -0.4 is 5.32 Å². The number of amides is 1. The van der Waals surface area contributed by atoms with E-state index in [1.54, 1.807) is 36.4 Å². The van der Waals surface area contributed by atoms with Gasteiger partial charge in [0.05, 0.1) is 16.9 Å². The highest BCUT2D eigenvalue weighted by Crippen LogP contribution is 2.29. The zero-order valence-electron chi connectivity index (χ0n) is 16.4. The van der Waals surface area contributed by atoms with Gasteiger partial charge in [-0.2, -0.15) is 3.97 Å². The largest absolute Gasteiger partial charge is 0.461 e. The molecule has 10 heteroatoms. The first-order valence-corrected chi connectivity index (χ1v) is 11.7. The molecule has 0 radical (unpaired) electrons. The maximum Gasteiger partial charge on any atom is 0.271 e. The van der Waals surface area contributed by atoms with Crippen LogP contribution in [0.5, 0.6) is 0 Å². The van der Waals surface area contributed by atoms with E-state index >= 15 is 0 Å². The van der Waals surface area contributed by atoms with Crippen molar-refractivity contribution in [3.05, 3.63) is 78.6 Å². The minimum absolute atomic E-state index is 0.0385. The molecular formula is C21H18N4O4S2. The van der Waals surface area contributed by atoms with Crippen LogP contribution >= 0.6 is 11.8 Å². The monoisotopic (exact) mass is 454 g/mol. The SMILES string of the molecule is Cc1ccc(S(=O)(=O)n2c(SCC(=O)Nc3ccccc3)nnc2-c2ccco2)cc1. The molecule has 158 valence electrons. The van der Waals surface area contributed by atoms with Gasteiger partial charge in [-0.3, -0.25) is 4.79 Å². The van der Waals surface area contributed by atoms with Crippen LogP contribution in [0, 0.1) is 6.92 Å². The van der Waals surface area contributed by atoms with Gasteiger partial charge in [-0.05, 0) is 43.3 Å². The molecule has 0 aliphatic heterocycles. The second-order valence-electron chi connectivity index (χ2n) is 6.57. The molecule has 0 spiro atoms. The van der Waals surface area contributed by atoms with Crippen LogP contribution in [0.2, 0.25) is 0 Å². The van der Waals surface area contributed by atoms with Gasteiger partial charge in [-0.15, -0.1) is 10.2 Å². The van der Waals surface area contributed by atoms with E-state index in [9.17, 15) is 13.2 Å². The van der Waals surface area contributed by atoms with Crippen molar-refractivity contribution < 1.29 is 17.6 Å². The fourth-order valence-electron chi connectivity index (χ4n) is 2.79. The maximum absolute atomic E-state index is 13.4. The lowest BCUT2D eigenvalue weighted by atomic mass is 10.2. The Bertz CT molecular complexity index is 1280. The summed E-state index contributed by atoms with van der Waals surface area (Å²) < 4.78 is 33.2. The van der Waals surface area contributed by atoms with E-state index in [1.807, 2.05) is 25.1 Å². The number of hydrogen-bond donors (Lipinski definition) is 1. The van der Waals surface area contributed by atoms with Crippen LogP contribution in [0.3, 0.4) is 0 Å². The number of furan rings is 1. The van der Waals surface area contributed by atoms with E-state index in [0.29, 0.717) is 5.69 Å². The fourth-order valence-corrected chi connectivity index (χ4v) is 5.16. The Morgan fingerprint density at radius 2 is 1.77 bits per heavy atom. The first kappa shape index (κ1) is 20.9. The van der Waals surface area contributed by atoms with E-state index < -0.39 is 10.0 Å². The number of benzene rings is 2. The molecule has 0 saturated heterocycles. The van der Waals surface area contributed by atoms with Gasteiger partial charge in [0.15, 0.2) is 5.76 Å². The number of thioether (sulfide) groups is 1. The van der Waals surface area contributed by atoms with Crippen molar-refractivity contribution in [2.45, 2.75) is 17.0 Å². The van der Waals surface area contributed by atoms with Gasteiger partial charge in [0.25, 0.3) is 10.0 Å². The molecule has 2 aromatic heterocycles. The summed E-state index contributed by atoms with van der Waals surface area (Å²) in [5.74, 6) is -0.0486. The Hall–Kier alpha value is -3.37. The quantitative estimate of drug-likeness (QED) is 0.423. The number of aromatic nitrogens is 3. The highest BCUT2D eigenvalue weighted by Gasteiger charge is 2.28. The van der Waals surface area contributed by atoms with Crippen molar-refractivity contribution in [3.63, 3.8) is 0 Å². The normalized spacial score (nSPS) is 11.4. The van der Waals surface area contributed by atoms with Crippen molar-refractivity contribution in [2.75, 3.05) is 11.1 Å². The zero-order chi connectivity index (χ0) is 21.8. The van der Waals surface area contributed by atoms with Crippen molar-refractivity contribution in [2.24, 2.45) is 0 Å². The molecule has 0 fully saturated rings. The fraction of sp³-hybridized carbons (Fsp3) is 0.0952. The molecule has 4 aromatic rings. The number of carbonyl (C=O) groups excluding carboxylic acids is 1. The van der Waals surface area contributed by atoms with Gasteiger partial charge in [0.1, 0.15) is 0 Å². The summed E-state index contributed by atoms with van der Waals surface area (Å²) in [6.45, 7) is 1.87. The number of carbonyl (C=O) groups is 1. The van der Waals surface area contributed by atoms with Gasteiger partial charge in [-0.25, -0.2) is 8.42 Å². The van der Waals surface area contributed by atoms with Crippen LogP contribution in [0.15, 0.2) is 87.5 Å². The summed E-state index contributed by atoms with van der Waals surface area (Å²) in [5.41, 5.74) is 1.58. The number of para-hydroxylation sites is 1. The summed E-state index contributed by atoms with van der Waals surface area (Å²) in [7, 11) is -4.03. The highest BCUT2D eigenvalue weighted by atomic mass is 32.2. The lowest BCUT2D eigenvalue weighted by molar-refractivity contribution is -0.113. The standard InChI is InChI=1S/C21H18N4O4S2/c1-15-9-11-17(12-10-15)31(27,28)25-20(18-8-5-13-29-18)23-24-21(25)30-14-19(26)22-16-6-3-2-4-7-16/h2-13H,14H2,1H3,(H,22,26). The van der Waals surface area contributed by atoms with Crippen molar-refractivity contribution >= 4 is 33.4 Å². The molecule has 31 heavy (non-hydrogen) atoms. The van der Waals surface area contributed by atoms with Gasteiger partial charge in [0, 0.05) is 5.69 Å². The number of aryl methyl sites for hydroxylation is 1. The zero-order valence-corrected chi connectivity index (χ0v) is 18.1. The van der Waals surface area contributed by atoms with Crippen LogP contribution in [-0.4, -0.2) is 34.2 Å². The Morgan fingerprint density at radius 3 is 2.45 bits per heavy atom. The smallest absolute Gasteiger partial charge is 0.271 e. The molecule has 0 bridgehead atoms. The summed E-state index contributed by atoms with van der Waals surface area (Å²) in [4.78, 5) is 12.4. The van der Waals surface area contributed by atoms with Gasteiger partial charge in [-0.1, -0.05) is 47.7 Å². The molecule has 0 atom stereocenters. The Balaban J connectivity index is 1.65. The first-order chi connectivity index (χ1) is 14.9. The first-order valence-electron chi connectivity index (χ1n) is 9.24. The lowest BCUT2D eigenvalue weighted by Crippen LogP contribution is -2.18. The second kappa shape index (κ2) is 8.78. The Morgan fingerprint density at radius 1 is 1.03 bits per heavy atom. The van der Waals surface area contributed by atoms with Crippen molar-refractivity contribution in [3.8, 4) is 11.6 Å². The molecule has 0 aliphatic rings. The van der Waals surface area contributed by atoms with Crippen LogP contribution in [0.1, 0.15) is 5.56 Å². The van der Waals surface area contributed by atoms with Crippen LogP contribution in [0.4, 0.5) is 5.69 Å². The number of nitrogens with zero attached hydrogens (tertiary/aromatic N) is 3. The van der Waals surface area contributed by atoms with E-state index in [-0.39, 0.29) is 33.3 Å². The second-order valence-corrected chi connectivity index (χ2v) is 9.30. The average Bonchev–Trinajstić information content (AvgIpc) is 3.43. The molecule has 4 rings (SSSR count). The highest BCUT2D eigenvalue weighted by molar-refractivity contribution is 8.00. The third-order valence-electron chi connectivity index (χ3n) is 4.29. The number of nitrogens with one attached hydrogen (secondary N) is 1. The molecule has 1 N–H and O–H groups in total. The van der Waals surface area contributed by atoms with Gasteiger partial charge in [0.2, 0.25) is 16.9 Å². The number of anilines is 1. The van der Waals surface area contributed by atoms with Crippen LogP contribution in [-0.2, 0) is 14.8 Å². The van der Waals surface area contributed by atoms with Crippen molar-refractivity contribution in [1.82, 2.24) is 14.2 Å². The van der Waals surface area contributed by atoms with E-state index in [4.69, 9.17) is 4.42 Å². The molecule has 1 amide bonds. The molecule has 0 aliphatic carbocycles. The summed E-state index contributed by atoms with van der Waals surface area (Å²) >= 11 is 0.974. The minimum Gasteiger partial charge on any atom is -0.461 e. The topological polar surface area (TPSA) is 107 Å². The molecule has 8 nitrogen and oxygen atoms in total. The molecule has 2 heterocycles. The van der Waals surface area contributed by atoms with Gasteiger partial charge < -0.3 is 9.73 Å². The van der Waals surface area contributed by atoms with Gasteiger partial charge >= 0.3 is 0 Å². The molecule has 2 aromatic carbocycles. The Labute approximate surface area is 183 Å². The summed E-state index contributed by atoms with van der Waals surface area (Å²) in [5, 5.41) is 10.9. The third-order valence-corrected chi connectivity index (χ3v) is 7.03. The van der Waals surface area contributed by atoms with E-state index in [1.165, 1.54) is 18.4 Å². The number of hydrogen-bond acceptors (Lipinski definition) is 7.